The molecule has 20 heavy (non-hydrogen) atoms. The predicted octanol–water partition coefficient (Wildman–Crippen LogP) is 2.06. The van der Waals surface area contributed by atoms with Gasteiger partial charge in [0.1, 0.15) is 0 Å². The minimum atomic E-state index is -0.338. The Kier molecular flexibility index (Phi) is 4.49. The van der Waals surface area contributed by atoms with E-state index in [9.17, 15) is 4.79 Å². The highest BCUT2D eigenvalue weighted by Gasteiger charge is 2.24. The van der Waals surface area contributed by atoms with Crippen LogP contribution in [0.3, 0.4) is 0 Å². The van der Waals surface area contributed by atoms with E-state index in [1.165, 1.54) is 0 Å². The van der Waals surface area contributed by atoms with Gasteiger partial charge < -0.3 is 20.1 Å². The van der Waals surface area contributed by atoms with Gasteiger partial charge in [-0.1, -0.05) is 0 Å². The molecule has 5 heteroatoms. The molecule has 0 unspecified atom stereocenters. The molecule has 0 spiro atoms. The average molecular weight is 278 g/mol. The minimum absolute atomic E-state index is 0.169. The van der Waals surface area contributed by atoms with Gasteiger partial charge in [-0.05, 0) is 39.0 Å². The van der Waals surface area contributed by atoms with Crippen LogP contribution in [0.2, 0.25) is 0 Å². The molecule has 0 amide bonds. The fourth-order valence-electron chi connectivity index (χ4n) is 2.56. The van der Waals surface area contributed by atoms with Crippen molar-refractivity contribution in [3.63, 3.8) is 0 Å². The maximum atomic E-state index is 11.7. The Labute approximate surface area is 119 Å². The summed E-state index contributed by atoms with van der Waals surface area (Å²) in [6, 6.07) is 5.32. The molecule has 2 N–H and O–H groups in total. The Morgan fingerprint density at radius 2 is 2.05 bits per heavy atom. The summed E-state index contributed by atoms with van der Waals surface area (Å²) in [5.41, 5.74) is 8.11. The van der Waals surface area contributed by atoms with Gasteiger partial charge in [-0.25, -0.2) is 4.79 Å². The standard InChI is InChI=1S/C15H22N2O3/c1-4-19-15(18)12-5-6-14(13(16)7-12)17-8-10(2)20-11(3)9-17/h5-7,10-11H,4,8-9,16H2,1-3H3/t10-,11-/m0/s1. The van der Waals surface area contributed by atoms with Crippen LogP contribution >= 0.6 is 0 Å². The molecule has 0 aliphatic carbocycles. The fourth-order valence-corrected chi connectivity index (χ4v) is 2.56. The summed E-state index contributed by atoms with van der Waals surface area (Å²) in [6.45, 7) is 7.84. The van der Waals surface area contributed by atoms with Crippen molar-refractivity contribution in [2.45, 2.75) is 33.0 Å². The molecule has 110 valence electrons. The first kappa shape index (κ1) is 14.7. The van der Waals surface area contributed by atoms with E-state index in [2.05, 4.69) is 4.90 Å². The van der Waals surface area contributed by atoms with Crippen molar-refractivity contribution < 1.29 is 14.3 Å². The first-order valence-electron chi connectivity index (χ1n) is 6.98. The number of nitrogens with two attached hydrogens (primary N) is 1. The molecule has 5 nitrogen and oxygen atoms in total. The average Bonchev–Trinajstić information content (AvgIpc) is 2.37. The topological polar surface area (TPSA) is 64.8 Å². The van der Waals surface area contributed by atoms with Crippen LogP contribution in [-0.4, -0.2) is 37.9 Å². The van der Waals surface area contributed by atoms with Crippen molar-refractivity contribution in [2.75, 3.05) is 30.3 Å². The number of nitrogens with zero attached hydrogens (tertiary/aromatic N) is 1. The SMILES string of the molecule is CCOC(=O)c1ccc(N2C[C@H](C)O[C@@H](C)C2)c(N)c1. The molecule has 2 rings (SSSR count). The van der Waals surface area contributed by atoms with E-state index in [0.29, 0.717) is 17.9 Å². The Hall–Kier alpha value is -1.75. The van der Waals surface area contributed by atoms with Crippen LogP contribution in [0.5, 0.6) is 0 Å². The Morgan fingerprint density at radius 3 is 2.60 bits per heavy atom. The second-order valence-corrected chi connectivity index (χ2v) is 5.16. The molecule has 0 saturated carbocycles. The first-order valence-corrected chi connectivity index (χ1v) is 6.98. The largest absolute Gasteiger partial charge is 0.462 e. The number of esters is 1. The molecule has 1 aliphatic heterocycles. The van der Waals surface area contributed by atoms with Gasteiger partial charge in [0, 0.05) is 13.1 Å². The number of hydrogen-bond acceptors (Lipinski definition) is 5. The summed E-state index contributed by atoms with van der Waals surface area (Å²) in [5, 5.41) is 0. The van der Waals surface area contributed by atoms with Crippen molar-refractivity contribution in [3.05, 3.63) is 23.8 Å². The van der Waals surface area contributed by atoms with Gasteiger partial charge in [-0.3, -0.25) is 0 Å². The molecule has 0 radical (unpaired) electrons. The summed E-state index contributed by atoms with van der Waals surface area (Å²) in [6.07, 6.45) is 0.339. The highest BCUT2D eigenvalue weighted by molar-refractivity contribution is 5.92. The molecule has 1 aliphatic rings. The van der Waals surface area contributed by atoms with Crippen LogP contribution in [0.4, 0.5) is 11.4 Å². The molecular formula is C15H22N2O3. The minimum Gasteiger partial charge on any atom is -0.462 e. The zero-order valence-corrected chi connectivity index (χ0v) is 12.3. The van der Waals surface area contributed by atoms with E-state index in [0.717, 1.165) is 18.8 Å². The van der Waals surface area contributed by atoms with Crippen LogP contribution in [0, 0.1) is 0 Å². The van der Waals surface area contributed by atoms with E-state index < -0.39 is 0 Å². The van der Waals surface area contributed by atoms with Crippen molar-refractivity contribution in [1.82, 2.24) is 0 Å². The maximum Gasteiger partial charge on any atom is 0.338 e. The number of benzene rings is 1. The number of rotatable bonds is 3. The number of nitrogen functional groups attached to an aromatic ring is 1. The maximum absolute atomic E-state index is 11.7. The number of carbonyl (C=O) groups excluding carboxylic acids is 1. The highest BCUT2D eigenvalue weighted by Crippen LogP contribution is 2.27. The zero-order chi connectivity index (χ0) is 14.7. The number of morpholine rings is 1. The van der Waals surface area contributed by atoms with Gasteiger partial charge in [0.05, 0.1) is 35.8 Å². The van der Waals surface area contributed by atoms with Gasteiger partial charge in [-0.2, -0.15) is 0 Å². The molecule has 1 saturated heterocycles. The van der Waals surface area contributed by atoms with Gasteiger partial charge in [0.15, 0.2) is 0 Å². The molecule has 2 atom stereocenters. The zero-order valence-electron chi connectivity index (χ0n) is 12.3. The van der Waals surface area contributed by atoms with Gasteiger partial charge in [-0.15, -0.1) is 0 Å². The Bertz CT molecular complexity index is 480. The number of hydrogen-bond donors (Lipinski definition) is 1. The molecule has 1 heterocycles. The summed E-state index contributed by atoms with van der Waals surface area (Å²) in [5.74, 6) is -0.338. The third-order valence-corrected chi connectivity index (χ3v) is 3.30. The van der Waals surface area contributed by atoms with Crippen LogP contribution in [0.1, 0.15) is 31.1 Å². The van der Waals surface area contributed by atoms with Crippen molar-refractivity contribution in [3.8, 4) is 0 Å². The van der Waals surface area contributed by atoms with Crippen molar-refractivity contribution >= 4 is 17.3 Å². The predicted molar refractivity (Wildman–Crippen MR) is 79.0 cm³/mol. The summed E-state index contributed by atoms with van der Waals surface area (Å²) < 4.78 is 10.7. The summed E-state index contributed by atoms with van der Waals surface area (Å²) in [4.78, 5) is 13.9. The number of anilines is 2. The lowest BCUT2D eigenvalue weighted by atomic mass is 10.1. The van der Waals surface area contributed by atoms with Gasteiger partial charge in [0.2, 0.25) is 0 Å². The number of carbonyl (C=O) groups is 1. The van der Waals surface area contributed by atoms with Crippen LogP contribution < -0.4 is 10.6 Å². The lowest BCUT2D eigenvalue weighted by molar-refractivity contribution is -0.00518. The van der Waals surface area contributed by atoms with Gasteiger partial charge >= 0.3 is 5.97 Å². The molecule has 1 fully saturated rings. The monoisotopic (exact) mass is 278 g/mol. The van der Waals surface area contributed by atoms with Crippen molar-refractivity contribution in [2.24, 2.45) is 0 Å². The third-order valence-electron chi connectivity index (χ3n) is 3.30. The fraction of sp³-hybridized carbons (Fsp3) is 0.533. The second kappa shape index (κ2) is 6.13. The van der Waals surface area contributed by atoms with E-state index >= 15 is 0 Å². The molecular weight excluding hydrogens is 256 g/mol. The van der Waals surface area contributed by atoms with Crippen LogP contribution in [0.15, 0.2) is 18.2 Å². The Balaban J connectivity index is 2.19. The van der Waals surface area contributed by atoms with E-state index in [1.807, 2.05) is 19.9 Å². The second-order valence-electron chi connectivity index (χ2n) is 5.16. The molecule has 1 aromatic carbocycles. The number of ether oxygens (including phenoxy) is 2. The molecule has 0 aromatic heterocycles. The summed E-state index contributed by atoms with van der Waals surface area (Å²) >= 11 is 0. The molecule has 0 bridgehead atoms. The smallest absolute Gasteiger partial charge is 0.338 e. The van der Waals surface area contributed by atoms with E-state index in [-0.39, 0.29) is 18.2 Å². The highest BCUT2D eigenvalue weighted by atomic mass is 16.5. The van der Waals surface area contributed by atoms with Gasteiger partial charge in [0.25, 0.3) is 0 Å². The normalized spacial score (nSPS) is 22.6. The summed E-state index contributed by atoms with van der Waals surface area (Å²) in [7, 11) is 0. The lowest BCUT2D eigenvalue weighted by Gasteiger charge is -2.37. The lowest BCUT2D eigenvalue weighted by Crippen LogP contribution is -2.45. The van der Waals surface area contributed by atoms with E-state index in [4.69, 9.17) is 15.2 Å². The molecule has 1 aromatic rings. The first-order chi connectivity index (χ1) is 9.51. The van der Waals surface area contributed by atoms with Crippen LogP contribution in [0.25, 0.3) is 0 Å². The van der Waals surface area contributed by atoms with Crippen molar-refractivity contribution in [1.29, 1.82) is 0 Å². The third kappa shape index (κ3) is 3.22. The Morgan fingerprint density at radius 1 is 1.40 bits per heavy atom. The quantitative estimate of drug-likeness (QED) is 0.677. The van der Waals surface area contributed by atoms with Crippen LogP contribution in [-0.2, 0) is 9.47 Å². The van der Waals surface area contributed by atoms with E-state index in [1.54, 1.807) is 19.1 Å².